The van der Waals surface area contributed by atoms with E-state index < -0.39 is 11.9 Å². The van der Waals surface area contributed by atoms with Gasteiger partial charge in [-0.15, -0.1) is 0 Å². The first-order chi connectivity index (χ1) is 9.00. The van der Waals surface area contributed by atoms with Crippen molar-refractivity contribution in [2.24, 2.45) is 5.92 Å². The van der Waals surface area contributed by atoms with E-state index in [2.05, 4.69) is 26.6 Å². The van der Waals surface area contributed by atoms with E-state index in [1.807, 2.05) is 24.3 Å². The van der Waals surface area contributed by atoms with Gasteiger partial charge in [0.2, 0.25) is 0 Å². The number of amides is 2. The smallest absolute Gasteiger partial charge is 0.315 e. The van der Waals surface area contributed by atoms with Crippen LogP contribution in [0.2, 0.25) is 0 Å². The van der Waals surface area contributed by atoms with Crippen molar-refractivity contribution in [2.75, 3.05) is 6.54 Å². The topological polar surface area (TPSA) is 78.4 Å². The summed E-state index contributed by atoms with van der Waals surface area (Å²) < 4.78 is 0.940. The fourth-order valence-corrected chi connectivity index (χ4v) is 1.83. The quantitative estimate of drug-likeness (QED) is 0.750. The number of rotatable bonds is 6. The average molecular weight is 329 g/mol. The fourth-order valence-electron chi connectivity index (χ4n) is 1.41. The molecule has 0 saturated carbocycles. The maximum absolute atomic E-state index is 11.5. The summed E-state index contributed by atoms with van der Waals surface area (Å²) in [5, 5.41) is 14.0. The molecular formula is C13H17BrN2O3. The summed E-state index contributed by atoms with van der Waals surface area (Å²) >= 11 is 3.40. The second-order valence-electron chi connectivity index (χ2n) is 4.23. The molecule has 1 aromatic carbocycles. The van der Waals surface area contributed by atoms with Crippen molar-refractivity contribution in [3.8, 4) is 0 Å². The van der Waals surface area contributed by atoms with E-state index in [4.69, 9.17) is 5.11 Å². The molecule has 6 heteroatoms. The molecule has 0 aromatic heterocycles. The first kappa shape index (κ1) is 15.5. The van der Waals surface area contributed by atoms with Gasteiger partial charge in [-0.1, -0.05) is 41.1 Å². The average Bonchev–Trinajstić information content (AvgIpc) is 2.37. The Labute approximate surface area is 120 Å². The van der Waals surface area contributed by atoms with E-state index in [1.54, 1.807) is 6.92 Å². The van der Waals surface area contributed by atoms with Gasteiger partial charge in [-0.05, 0) is 18.1 Å². The van der Waals surface area contributed by atoms with Crippen molar-refractivity contribution in [1.29, 1.82) is 0 Å². The minimum atomic E-state index is -0.851. The van der Waals surface area contributed by atoms with Crippen molar-refractivity contribution in [3.63, 3.8) is 0 Å². The van der Waals surface area contributed by atoms with Crippen molar-refractivity contribution in [1.82, 2.24) is 10.6 Å². The molecule has 1 rings (SSSR count). The number of benzene rings is 1. The highest BCUT2D eigenvalue weighted by atomic mass is 79.9. The standard InChI is InChI=1S/C13H17BrN2O3/c1-9(12(17)18)6-7-15-13(19)16-8-10-4-2-3-5-11(10)14/h2-5,9H,6-8H2,1H3,(H,17,18)(H2,15,16,19). The summed E-state index contributed by atoms with van der Waals surface area (Å²) in [6.45, 7) is 2.37. The first-order valence-corrected chi connectivity index (χ1v) is 6.78. The van der Waals surface area contributed by atoms with Gasteiger partial charge in [-0.3, -0.25) is 4.79 Å². The second-order valence-corrected chi connectivity index (χ2v) is 5.08. The zero-order chi connectivity index (χ0) is 14.3. The number of carbonyl (C=O) groups is 2. The van der Waals surface area contributed by atoms with Crippen LogP contribution in [0.5, 0.6) is 0 Å². The Morgan fingerprint density at radius 2 is 2.00 bits per heavy atom. The monoisotopic (exact) mass is 328 g/mol. The maximum Gasteiger partial charge on any atom is 0.315 e. The third kappa shape index (κ3) is 5.74. The van der Waals surface area contributed by atoms with Crippen LogP contribution in [-0.2, 0) is 11.3 Å². The van der Waals surface area contributed by atoms with Crippen molar-refractivity contribution in [3.05, 3.63) is 34.3 Å². The Kier molecular flexibility index (Phi) is 6.35. The lowest BCUT2D eigenvalue weighted by Crippen LogP contribution is -2.36. The highest BCUT2D eigenvalue weighted by molar-refractivity contribution is 9.10. The molecule has 5 nitrogen and oxygen atoms in total. The van der Waals surface area contributed by atoms with Crippen molar-refractivity contribution < 1.29 is 14.7 Å². The predicted octanol–water partition coefficient (Wildman–Crippen LogP) is 2.36. The number of hydrogen-bond acceptors (Lipinski definition) is 2. The minimum absolute atomic E-state index is 0.298. The molecule has 0 aliphatic rings. The molecule has 0 aliphatic carbocycles. The number of hydrogen-bond donors (Lipinski definition) is 3. The van der Waals surface area contributed by atoms with E-state index in [0.717, 1.165) is 10.0 Å². The number of carbonyl (C=O) groups excluding carboxylic acids is 1. The van der Waals surface area contributed by atoms with Crippen LogP contribution in [-0.4, -0.2) is 23.7 Å². The lowest BCUT2D eigenvalue weighted by molar-refractivity contribution is -0.141. The zero-order valence-electron chi connectivity index (χ0n) is 10.6. The van der Waals surface area contributed by atoms with E-state index >= 15 is 0 Å². The van der Waals surface area contributed by atoms with Gasteiger partial charge in [0.05, 0.1) is 5.92 Å². The molecule has 3 N–H and O–H groups in total. The lowest BCUT2D eigenvalue weighted by atomic mass is 10.1. The van der Waals surface area contributed by atoms with Crippen LogP contribution in [0.4, 0.5) is 4.79 Å². The van der Waals surface area contributed by atoms with Gasteiger partial charge in [0, 0.05) is 17.6 Å². The van der Waals surface area contributed by atoms with Gasteiger partial charge in [-0.25, -0.2) is 4.79 Å². The SMILES string of the molecule is CC(CCNC(=O)NCc1ccccc1Br)C(=O)O. The summed E-state index contributed by atoms with van der Waals surface area (Å²) in [6, 6.07) is 7.32. The Morgan fingerprint density at radius 3 is 2.63 bits per heavy atom. The van der Waals surface area contributed by atoms with Crippen molar-refractivity contribution in [2.45, 2.75) is 19.9 Å². The van der Waals surface area contributed by atoms with Crippen LogP contribution in [0, 0.1) is 5.92 Å². The molecule has 104 valence electrons. The van der Waals surface area contributed by atoms with E-state index in [0.29, 0.717) is 19.5 Å². The van der Waals surface area contributed by atoms with Crippen LogP contribution >= 0.6 is 15.9 Å². The van der Waals surface area contributed by atoms with E-state index in [-0.39, 0.29) is 6.03 Å². The number of halogens is 1. The van der Waals surface area contributed by atoms with Crippen LogP contribution < -0.4 is 10.6 Å². The summed E-state index contributed by atoms with van der Waals surface area (Å²) in [5.41, 5.74) is 0.983. The molecule has 1 aromatic rings. The van der Waals surface area contributed by atoms with Crippen LogP contribution in [0.15, 0.2) is 28.7 Å². The van der Waals surface area contributed by atoms with Crippen LogP contribution in [0.1, 0.15) is 18.9 Å². The molecule has 0 heterocycles. The summed E-state index contributed by atoms with van der Waals surface area (Å²) in [7, 11) is 0. The molecule has 0 fully saturated rings. The number of carboxylic acids is 1. The summed E-state index contributed by atoms with van der Waals surface area (Å²) in [4.78, 5) is 22.1. The van der Waals surface area contributed by atoms with E-state index in [1.165, 1.54) is 0 Å². The molecular weight excluding hydrogens is 312 g/mol. The third-order valence-corrected chi connectivity index (χ3v) is 3.46. The fraction of sp³-hybridized carbons (Fsp3) is 0.385. The van der Waals surface area contributed by atoms with Gasteiger partial charge >= 0.3 is 12.0 Å². The Bertz CT molecular complexity index is 451. The number of nitrogens with one attached hydrogen (secondary N) is 2. The third-order valence-electron chi connectivity index (χ3n) is 2.68. The molecule has 0 spiro atoms. The molecule has 2 amide bonds. The highest BCUT2D eigenvalue weighted by Crippen LogP contribution is 2.15. The highest BCUT2D eigenvalue weighted by Gasteiger charge is 2.10. The number of carboxylic acid groups (broad SMARTS) is 1. The zero-order valence-corrected chi connectivity index (χ0v) is 12.2. The largest absolute Gasteiger partial charge is 0.481 e. The summed E-state index contributed by atoms with van der Waals surface area (Å²) in [5.74, 6) is -1.31. The van der Waals surface area contributed by atoms with Crippen LogP contribution in [0.25, 0.3) is 0 Å². The minimum Gasteiger partial charge on any atom is -0.481 e. The summed E-state index contributed by atoms with van der Waals surface area (Å²) in [6.07, 6.45) is 0.414. The van der Waals surface area contributed by atoms with Gasteiger partial charge in [0.25, 0.3) is 0 Å². The van der Waals surface area contributed by atoms with Gasteiger partial charge in [0.1, 0.15) is 0 Å². The maximum atomic E-state index is 11.5. The molecule has 0 aliphatic heterocycles. The first-order valence-electron chi connectivity index (χ1n) is 5.98. The number of aliphatic carboxylic acids is 1. The molecule has 0 saturated heterocycles. The van der Waals surface area contributed by atoms with Crippen LogP contribution in [0.3, 0.4) is 0 Å². The Balaban J connectivity index is 2.25. The Hall–Kier alpha value is -1.56. The normalized spacial score (nSPS) is 11.7. The molecule has 0 bridgehead atoms. The molecule has 0 radical (unpaired) electrons. The van der Waals surface area contributed by atoms with Gasteiger partial charge in [-0.2, -0.15) is 0 Å². The second kappa shape index (κ2) is 7.78. The lowest BCUT2D eigenvalue weighted by Gasteiger charge is -2.10. The predicted molar refractivity (Wildman–Crippen MR) is 75.8 cm³/mol. The van der Waals surface area contributed by atoms with Crippen molar-refractivity contribution >= 4 is 27.9 Å². The molecule has 19 heavy (non-hydrogen) atoms. The Morgan fingerprint density at radius 1 is 1.32 bits per heavy atom. The van der Waals surface area contributed by atoms with Gasteiger partial charge in [0.15, 0.2) is 0 Å². The molecule has 1 unspecified atom stereocenters. The van der Waals surface area contributed by atoms with E-state index in [9.17, 15) is 9.59 Å². The molecule has 1 atom stereocenters. The number of urea groups is 1. The van der Waals surface area contributed by atoms with Gasteiger partial charge < -0.3 is 15.7 Å².